The Bertz CT molecular complexity index is 414. The molecule has 1 amide bonds. The Morgan fingerprint density at radius 2 is 2.10 bits per heavy atom. The number of hydrogen-bond acceptors (Lipinski definition) is 4. The lowest BCUT2D eigenvalue weighted by molar-refractivity contribution is -0.151. The summed E-state index contributed by atoms with van der Waals surface area (Å²) in [7, 11) is 1.81. The van der Waals surface area contributed by atoms with Crippen LogP contribution in [0.2, 0.25) is 0 Å². The molecule has 2 heterocycles. The molecular formula is C14H22N2O4. The number of likely N-dealkylation sites (N-methyl/N-ethyl adjacent to an activating group) is 1. The maximum absolute atomic E-state index is 12.7. The van der Waals surface area contributed by atoms with Crippen LogP contribution >= 0.6 is 0 Å². The van der Waals surface area contributed by atoms with Gasteiger partial charge in [-0.15, -0.1) is 0 Å². The lowest BCUT2D eigenvalue weighted by atomic mass is 9.94. The summed E-state index contributed by atoms with van der Waals surface area (Å²) in [6.45, 7) is 1.52. The van der Waals surface area contributed by atoms with Crippen LogP contribution in [0.5, 0.6) is 0 Å². The summed E-state index contributed by atoms with van der Waals surface area (Å²) < 4.78 is 5.37. The predicted octanol–water partition coefficient (Wildman–Crippen LogP) is -0.0675. The molecule has 5 atom stereocenters. The van der Waals surface area contributed by atoms with Crippen LogP contribution in [0.15, 0.2) is 0 Å². The van der Waals surface area contributed by atoms with Crippen molar-refractivity contribution in [2.24, 2.45) is 17.8 Å². The number of likely N-dealkylation sites (tertiary alicyclic amines) is 1. The fraction of sp³-hybridized carbons (Fsp3) is 0.857. The fourth-order valence-electron chi connectivity index (χ4n) is 4.14. The fourth-order valence-corrected chi connectivity index (χ4v) is 4.14. The Labute approximate surface area is 118 Å². The number of carboxylic acids is 1. The molecule has 0 radical (unpaired) electrons. The molecule has 20 heavy (non-hydrogen) atoms. The van der Waals surface area contributed by atoms with Gasteiger partial charge in [-0.05, 0) is 31.7 Å². The Hall–Kier alpha value is -1.14. The van der Waals surface area contributed by atoms with Gasteiger partial charge in [0, 0.05) is 12.6 Å². The van der Waals surface area contributed by atoms with E-state index in [1.807, 2.05) is 7.05 Å². The van der Waals surface area contributed by atoms with E-state index in [2.05, 4.69) is 5.32 Å². The molecular weight excluding hydrogens is 260 g/mol. The van der Waals surface area contributed by atoms with Crippen molar-refractivity contribution in [2.75, 3.05) is 26.8 Å². The van der Waals surface area contributed by atoms with Crippen molar-refractivity contribution in [1.29, 1.82) is 0 Å². The first-order chi connectivity index (χ1) is 9.63. The normalized spacial score (nSPS) is 40.0. The molecule has 1 aliphatic carbocycles. The van der Waals surface area contributed by atoms with Gasteiger partial charge in [0.1, 0.15) is 6.04 Å². The first-order valence-corrected chi connectivity index (χ1v) is 7.41. The van der Waals surface area contributed by atoms with Crippen molar-refractivity contribution in [3.05, 3.63) is 0 Å². The molecule has 1 saturated carbocycles. The second-order valence-electron chi connectivity index (χ2n) is 6.17. The molecule has 6 heteroatoms. The van der Waals surface area contributed by atoms with Gasteiger partial charge < -0.3 is 20.1 Å². The molecule has 0 spiro atoms. The number of rotatable bonds is 3. The topological polar surface area (TPSA) is 78.9 Å². The van der Waals surface area contributed by atoms with Gasteiger partial charge in [0.05, 0.1) is 19.1 Å². The highest BCUT2D eigenvalue weighted by molar-refractivity contribution is 5.86. The molecule has 3 rings (SSSR count). The Morgan fingerprint density at radius 1 is 1.30 bits per heavy atom. The molecule has 6 nitrogen and oxygen atoms in total. The van der Waals surface area contributed by atoms with Gasteiger partial charge in [0.15, 0.2) is 0 Å². The minimum absolute atomic E-state index is 0.00242. The molecule has 2 aliphatic heterocycles. The van der Waals surface area contributed by atoms with Crippen LogP contribution in [0, 0.1) is 17.8 Å². The van der Waals surface area contributed by atoms with Gasteiger partial charge in [-0.2, -0.15) is 0 Å². The number of hydrogen-bond donors (Lipinski definition) is 2. The van der Waals surface area contributed by atoms with E-state index in [1.165, 1.54) is 0 Å². The highest BCUT2D eigenvalue weighted by Gasteiger charge is 2.51. The van der Waals surface area contributed by atoms with E-state index in [0.717, 1.165) is 19.3 Å². The summed E-state index contributed by atoms with van der Waals surface area (Å²) >= 11 is 0. The van der Waals surface area contributed by atoms with E-state index in [1.54, 1.807) is 4.90 Å². The van der Waals surface area contributed by atoms with Gasteiger partial charge in [-0.3, -0.25) is 4.79 Å². The van der Waals surface area contributed by atoms with Crippen molar-refractivity contribution in [3.63, 3.8) is 0 Å². The highest BCUT2D eigenvalue weighted by Crippen LogP contribution is 2.43. The number of aliphatic carboxylic acids is 1. The largest absolute Gasteiger partial charge is 0.480 e. The molecule has 3 fully saturated rings. The van der Waals surface area contributed by atoms with Gasteiger partial charge >= 0.3 is 5.97 Å². The quantitative estimate of drug-likeness (QED) is 0.758. The maximum Gasteiger partial charge on any atom is 0.326 e. The van der Waals surface area contributed by atoms with E-state index in [0.29, 0.717) is 25.7 Å². The van der Waals surface area contributed by atoms with E-state index in [9.17, 15) is 14.7 Å². The number of nitrogens with one attached hydrogen (secondary N) is 1. The van der Waals surface area contributed by atoms with Crippen LogP contribution in [0.4, 0.5) is 0 Å². The standard InChI is InChI=1S/C14H22N2O4/c1-15-11-7-20-6-10(11)13(17)16-5-8-3-2-4-9(8)12(16)14(18)19/h8-12,15H,2-7H2,1H3,(H,18,19). The number of carboxylic acid groups (broad SMARTS) is 1. The third kappa shape index (κ3) is 2.11. The molecule has 3 aliphatic rings. The number of fused-ring (bicyclic) bond motifs is 1. The van der Waals surface area contributed by atoms with Crippen LogP contribution in [-0.2, 0) is 14.3 Å². The third-order valence-electron chi connectivity index (χ3n) is 5.20. The van der Waals surface area contributed by atoms with Gasteiger partial charge in [0.2, 0.25) is 5.91 Å². The van der Waals surface area contributed by atoms with Gasteiger partial charge in [-0.25, -0.2) is 4.79 Å². The van der Waals surface area contributed by atoms with E-state index in [-0.39, 0.29) is 23.8 Å². The lowest BCUT2D eigenvalue weighted by Crippen LogP contribution is -2.49. The second-order valence-corrected chi connectivity index (χ2v) is 6.17. The van der Waals surface area contributed by atoms with Crippen molar-refractivity contribution in [2.45, 2.75) is 31.3 Å². The molecule has 0 aromatic heterocycles. The molecule has 0 bridgehead atoms. The molecule has 5 unspecified atom stereocenters. The van der Waals surface area contributed by atoms with Crippen molar-refractivity contribution in [1.82, 2.24) is 10.2 Å². The highest BCUT2D eigenvalue weighted by atomic mass is 16.5. The molecule has 112 valence electrons. The summed E-state index contributed by atoms with van der Waals surface area (Å²) in [5.41, 5.74) is 0. The van der Waals surface area contributed by atoms with E-state index < -0.39 is 12.0 Å². The summed E-state index contributed by atoms with van der Waals surface area (Å²) in [6, 6.07) is -0.634. The summed E-state index contributed by atoms with van der Waals surface area (Å²) in [4.78, 5) is 25.9. The SMILES string of the molecule is CNC1COCC1C(=O)N1CC2CCCC2C1C(=O)O. The Kier molecular flexibility index (Phi) is 3.69. The zero-order chi connectivity index (χ0) is 14.3. The first kappa shape index (κ1) is 13.8. The average Bonchev–Trinajstić information content (AvgIpc) is 3.11. The zero-order valence-corrected chi connectivity index (χ0v) is 11.7. The van der Waals surface area contributed by atoms with Crippen LogP contribution < -0.4 is 5.32 Å². The van der Waals surface area contributed by atoms with Crippen LogP contribution in [-0.4, -0.2) is 60.8 Å². The minimum atomic E-state index is -0.854. The monoisotopic (exact) mass is 282 g/mol. The average molecular weight is 282 g/mol. The van der Waals surface area contributed by atoms with E-state index in [4.69, 9.17) is 4.74 Å². The van der Waals surface area contributed by atoms with Crippen molar-refractivity contribution in [3.8, 4) is 0 Å². The number of nitrogens with zero attached hydrogens (tertiary/aromatic N) is 1. The van der Waals surface area contributed by atoms with Crippen LogP contribution in [0.25, 0.3) is 0 Å². The predicted molar refractivity (Wildman–Crippen MR) is 71.1 cm³/mol. The summed E-state index contributed by atoms with van der Waals surface area (Å²) in [5, 5.41) is 12.6. The Morgan fingerprint density at radius 3 is 2.80 bits per heavy atom. The molecule has 2 saturated heterocycles. The first-order valence-electron chi connectivity index (χ1n) is 7.41. The zero-order valence-electron chi connectivity index (χ0n) is 11.7. The number of ether oxygens (including phenoxy) is 1. The molecule has 2 N–H and O–H groups in total. The summed E-state index contributed by atoms with van der Waals surface area (Å²) in [5.74, 6) is -0.640. The number of carbonyl (C=O) groups is 2. The van der Waals surface area contributed by atoms with Crippen molar-refractivity contribution < 1.29 is 19.4 Å². The van der Waals surface area contributed by atoms with E-state index >= 15 is 0 Å². The minimum Gasteiger partial charge on any atom is -0.480 e. The van der Waals surface area contributed by atoms with Crippen LogP contribution in [0.3, 0.4) is 0 Å². The molecule has 0 aromatic rings. The lowest BCUT2D eigenvalue weighted by Gasteiger charge is -2.28. The molecule has 0 aromatic carbocycles. The summed E-state index contributed by atoms with van der Waals surface area (Å²) in [6.07, 6.45) is 3.07. The smallest absolute Gasteiger partial charge is 0.326 e. The van der Waals surface area contributed by atoms with Gasteiger partial charge in [0.25, 0.3) is 0 Å². The number of amides is 1. The van der Waals surface area contributed by atoms with Crippen molar-refractivity contribution >= 4 is 11.9 Å². The van der Waals surface area contributed by atoms with Crippen LogP contribution in [0.1, 0.15) is 19.3 Å². The third-order valence-corrected chi connectivity index (χ3v) is 5.20. The van der Waals surface area contributed by atoms with Gasteiger partial charge in [-0.1, -0.05) is 6.42 Å². The second kappa shape index (κ2) is 5.33. The number of carbonyl (C=O) groups excluding carboxylic acids is 1. The Balaban J connectivity index is 1.78. The maximum atomic E-state index is 12.7.